The second-order valence-electron chi connectivity index (χ2n) is 8.89. The lowest BCUT2D eigenvalue weighted by Gasteiger charge is -2.34. The number of nitrogens with zero attached hydrogens (tertiary/aromatic N) is 2. The third kappa shape index (κ3) is 6.44. The smallest absolute Gasteiger partial charge is 0.410 e. The number of thiophene rings is 1. The van der Waals surface area contributed by atoms with Gasteiger partial charge in [0.15, 0.2) is 0 Å². The summed E-state index contributed by atoms with van der Waals surface area (Å²) < 4.78 is 5.42. The predicted molar refractivity (Wildman–Crippen MR) is 128 cm³/mol. The highest BCUT2D eigenvalue weighted by Gasteiger charge is 2.29. The van der Waals surface area contributed by atoms with E-state index in [2.05, 4.69) is 10.6 Å². The van der Waals surface area contributed by atoms with E-state index in [0.717, 1.165) is 11.3 Å². The maximum Gasteiger partial charge on any atom is 0.410 e. The van der Waals surface area contributed by atoms with Gasteiger partial charge in [0.2, 0.25) is 0 Å². The molecule has 1 aromatic carbocycles. The van der Waals surface area contributed by atoms with Crippen LogP contribution in [0.3, 0.4) is 0 Å². The third-order valence-corrected chi connectivity index (χ3v) is 6.13. The Balaban J connectivity index is 1.79. The maximum absolute atomic E-state index is 13.1. The number of hydrogen-bond acceptors (Lipinski definition) is 7. The van der Waals surface area contributed by atoms with Crippen LogP contribution in [0.25, 0.3) is 10.4 Å². The van der Waals surface area contributed by atoms with Crippen LogP contribution in [0.2, 0.25) is 0 Å². The number of ether oxygens (including phenoxy) is 1. The number of carbonyl (C=O) groups is 3. The first-order valence-corrected chi connectivity index (χ1v) is 11.5. The number of likely N-dealkylation sites (tertiary alicyclic amines) is 1. The van der Waals surface area contributed by atoms with Gasteiger partial charge in [-0.15, -0.1) is 11.3 Å². The number of urea groups is 1. The van der Waals surface area contributed by atoms with E-state index < -0.39 is 28.6 Å². The Morgan fingerprint density at radius 1 is 1.26 bits per heavy atom. The average Bonchev–Trinajstić information content (AvgIpc) is 3.16. The minimum atomic E-state index is -0.841. The third-order valence-electron chi connectivity index (χ3n) is 4.95. The van der Waals surface area contributed by atoms with E-state index in [1.54, 1.807) is 43.9 Å². The lowest BCUT2D eigenvalue weighted by Crippen LogP contribution is -2.50. The average molecular weight is 490 g/mol. The molecule has 11 nitrogen and oxygen atoms in total. The SMILES string of the molecule is CC(C)(C)OC(=O)N1CCC[C@H](NC(=O)c2sc(-c3cccc([N+](=O)[O-])c3)cc2NC(N)=O)C1. The van der Waals surface area contributed by atoms with E-state index in [1.165, 1.54) is 12.1 Å². The maximum atomic E-state index is 13.1. The number of benzene rings is 1. The van der Waals surface area contributed by atoms with Crippen molar-refractivity contribution in [3.05, 3.63) is 45.3 Å². The van der Waals surface area contributed by atoms with E-state index in [-0.39, 0.29) is 22.3 Å². The summed E-state index contributed by atoms with van der Waals surface area (Å²) in [6.07, 6.45) is 0.929. The highest BCUT2D eigenvalue weighted by atomic mass is 32.1. The fourth-order valence-electron chi connectivity index (χ4n) is 3.54. The lowest BCUT2D eigenvalue weighted by atomic mass is 10.1. The Kier molecular flexibility index (Phi) is 7.40. The zero-order chi connectivity index (χ0) is 25.0. The molecule has 0 aliphatic carbocycles. The van der Waals surface area contributed by atoms with Gasteiger partial charge in [0.25, 0.3) is 11.6 Å². The summed E-state index contributed by atoms with van der Waals surface area (Å²) in [5.41, 5.74) is 5.28. The summed E-state index contributed by atoms with van der Waals surface area (Å²) in [7, 11) is 0. The van der Waals surface area contributed by atoms with Gasteiger partial charge in [-0.25, -0.2) is 9.59 Å². The van der Waals surface area contributed by atoms with E-state index >= 15 is 0 Å². The Morgan fingerprint density at radius 3 is 2.65 bits per heavy atom. The first kappa shape index (κ1) is 25.0. The molecule has 1 atom stereocenters. The fraction of sp³-hybridized carbons (Fsp3) is 0.409. The first-order valence-electron chi connectivity index (χ1n) is 10.7. The molecule has 0 saturated carbocycles. The van der Waals surface area contributed by atoms with Gasteiger partial charge in [0.05, 0.1) is 10.6 Å². The molecule has 1 aromatic heterocycles. The quantitative estimate of drug-likeness (QED) is 0.426. The van der Waals surface area contributed by atoms with Gasteiger partial charge >= 0.3 is 12.1 Å². The number of non-ortho nitro benzene ring substituents is 1. The molecular formula is C22H27N5O6S. The molecule has 1 aliphatic rings. The van der Waals surface area contributed by atoms with Gasteiger partial charge in [-0.05, 0) is 45.2 Å². The van der Waals surface area contributed by atoms with Crippen LogP contribution in [-0.4, -0.2) is 52.6 Å². The molecule has 34 heavy (non-hydrogen) atoms. The number of piperidine rings is 1. The molecule has 0 radical (unpaired) electrons. The van der Waals surface area contributed by atoms with Crippen LogP contribution in [0.4, 0.5) is 21.0 Å². The molecule has 2 heterocycles. The van der Waals surface area contributed by atoms with Crippen molar-refractivity contribution in [2.45, 2.75) is 45.3 Å². The van der Waals surface area contributed by atoms with E-state index in [4.69, 9.17) is 10.5 Å². The number of rotatable bonds is 5. The number of nitrogens with one attached hydrogen (secondary N) is 2. The van der Waals surface area contributed by atoms with Crippen LogP contribution in [0.15, 0.2) is 30.3 Å². The van der Waals surface area contributed by atoms with Gasteiger partial charge in [-0.1, -0.05) is 12.1 Å². The monoisotopic (exact) mass is 489 g/mol. The van der Waals surface area contributed by atoms with Crippen molar-refractivity contribution < 1.29 is 24.0 Å². The molecule has 3 rings (SSSR count). The summed E-state index contributed by atoms with van der Waals surface area (Å²) in [5.74, 6) is -0.443. The van der Waals surface area contributed by atoms with Crippen molar-refractivity contribution in [3.63, 3.8) is 0 Å². The number of anilines is 1. The zero-order valence-corrected chi connectivity index (χ0v) is 19.9. The molecule has 4 amide bonds. The van der Waals surface area contributed by atoms with Crippen LogP contribution in [0.1, 0.15) is 43.3 Å². The number of hydrogen-bond donors (Lipinski definition) is 3. The molecule has 0 bridgehead atoms. The molecule has 1 saturated heterocycles. The largest absolute Gasteiger partial charge is 0.444 e. The molecule has 182 valence electrons. The van der Waals surface area contributed by atoms with Crippen LogP contribution >= 0.6 is 11.3 Å². The Labute approximate surface area is 200 Å². The standard InChI is InChI=1S/C22H27N5O6S/c1-22(2,3)33-21(30)26-9-5-7-14(12-26)24-19(28)18-16(25-20(23)29)11-17(34-18)13-6-4-8-15(10-13)27(31)32/h4,6,8,10-11,14H,5,7,9,12H2,1-3H3,(H,24,28)(H3,23,25,29)/t14-/m0/s1. The number of nitrogens with two attached hydrogens (primary N) is 1. The van der Waals surface area contributed by atoms with Crippen molar-refractivity contribution in [2.75, 3.05) is 18.4 Å². The van der Waals surface area contributed by atoms with Gasteiger partial charge in [-0.3, -0.25) is 14.9 Å². The molecule has 1 aliphatic heterocycles. The number of amides is 4. The molecular weight excluding hydrogens is 462 g/mol. The summed E-state index contributed by atoms with van der Waals surface area (Å²) in [5, 5.41) is 16.5. The number of carbonyl (C=O) groups excluding carboxylic acids is 3. The highest BCUT2D eigenvalue weighted by Crippen LogP contribution is 2.36. The molecule has 2 aromatic rings. The minimum Gasteiger partial charge on any atom is -0.444 e. The van der Waals surface area contributed by atoms with Gasteiger partial charge in [-0.2, -0.15) is 0 Å². The number of nitro benzene ring substituents is 1. The number of primary amides is 1. The van der Waals surface area contributed by atoms with Crippen molar-refractivity contribution in [3.8, 4) is 10.4 Å². The summed E-state index contributed by atoms with van der Waals surface area (Å²) in [4.78, 5) is 49.9. The van der Waals surface area contributed by atoms with E-state index in [1.807, 2.05) is 0 Å². The van der Waals surface area contributed by atoms with E-state index in [9.17, 15) is 24.5 Å². The van der Waals surface area contributed by atoms with Gasteiger partial charge in [0.1, 0.15) is 10.5 Å². The van der Waals surface area contributed by atoms with Crippen molar-refractivity contribution >= 4 is 40.7 Å². The topological polar surface area (TPSA) is 157 Å². The molecule has 0 spiro atoms. The second-order valence-corrected chi connectivity index (χ2v) is 9.94. The number of nitro groups is 1. The van der Waals surface area contributed by atoms with Crippen LogP contribution in [0, 0.1) is 10.1 Å². The zero-order valence-electron chi connectivity index (χ0n) is 19.1. The van der Waals surface area contributed by atoms with Gasteiger partial charge < -0.3 is 26.0 Å². The Hall–Kier alpha value is -3.67. The van der Waals surface area contributed by atoms with Crippen molar-refractivity contribution in [1.82, 2.24) is 10.2 Å². The molecule has 4 N–H and O–H groups in total. The second kappa shape index (κ2) is 10.1. The molecule has 1 fully saturated rings. The Morgan fingerprint density at radius 2 is 2.00 bits per heavy atom. The minimum absolute atomic E-state index is 0.0919. The van der Waals surface area contributed by atoms with Crippen molar-refractivity contribution in [1.29, 1.82) is 0 Å². The lowest BCUT2D eigenvalue weighted by molar-refractivity contribution is -0.384. The highest BCUT2D eigenvalue weighted by molar-refractivity contribution is 7.18. The van der Waals surface area contributed by atoms with Crippen LogP contribution in [0.5, 0.6) is 0 Å². The van der Waals surface area contributed by atoms with Crippen LogP contribution < -0.4 is 16.4 Å². The summed E-state index contributed by atoms with van der Waals surface area (Å²) in [6.45, 7) is 6.19. The van der Waals surface area contributed by atoms with Crippen molar-refractivity contribution in [2.24, 2.45) is 5.73 Å². The molecule has 0 unspecified atom stereocenters. The predicted octanol–water partition coefficient (Wildman–Crippen LogP) is 3.94. The van der Waals surface area contributed by atoms with E-state index in [0.29, 0.717) is 36.4 Å². The molecule has 12 heteroatoms. The normalized spacial score (nSPS) is 16.0. The van der Waals surface area contributed by atoms with Crippen LogP contribution in [-0.2, 0) is 4.74 Å². The Bertz CT molecular complexity index is 1110. The first-order chi connectivity index (χ1) is 15.9. The summed E-state index contributed by atoms with van der Waals surface area (Å²) >= 11 is 1.08. The fourth-order valence-corrected chi connectivity index (χ4v) is 4.55. The summed E-state index contributed by atoms with van der Waals surface area (Å²) in [6, 6.07) is 6.38. The van der Waals surface area contributed by atoms with Gasteiger partial charge in [0, 0.05) is 36.1 Å².